The molecule has 0 fully saturated rings. The van der Waals surface area contributed by atoms with Crippen LogP contribution in [0.1, 0.15) is 6.92 Å². The lowest BCUT2D eigenvalue weighted by atomic mass is 10.4. The maximum atomic E-state index is 10.8. The van der Waals surface area contributed by atoms with E-state index in [0.717, 1.165) is 0 Å². The molecule has 0 unspecified atom stereocenters. The van der Waals surface area contributed by atoms with Crippen LogP contribution in [0, 0.1) is 0 Å². The average molecular weight is 204 g/mol. The Labute approximate surface area is 73.1 Å². The van der Waals surface area contributed by atoms with Gasteiger partial charge in [-0.1, -0.05) is 6.92 Å². The van der Waals surface area contributed by atoms with Crippen LogP contribution in [0.4, 0.5) is 0 Å². The SMILES string of the molecule is CCS(=O)(=O)C[C@@H](N)CO.Cl. The lowest BCUT2D eigenvalue weighted by Gasteiger charge is -2.06. The number of aliphatic hydroxyl groups is 1. The van der Waals surface area contributed by atoms with Crippen molar-refractivity contribution in [1.29, 1.82) is 0 Å². The van der Waals surface area contributed by atoms with Crippen LogP contribution < -0.4 is 5.73 Å². The maximum absolute atomic E-state index is 10.8. The summed E-state index contributed by atoms with van der Waals surface area (Å²) in [6.45, 7) is 1.28. The van der Waals surface area contributed by atoms with Gasteiger partial charge in [-0.15, -0.1) is 12.4 Å². The summed E-state index contributed by atoms with van der Waals surface area (Å²) in [7, 11) is -3.02. The van der Waals surface area contributed by atoms with Crippen molar-refractivity contribution in [2.24, 2.45) is 5.73 Å². The van der Waals surface area contributed by atoms with Crippen molar-refractivity contribution in [3.05, 3.63) is 0 Å². The quantitative estimate of drug-likeness (QED) is 0.625. The van der Waals surface area contributed by atoms with Crippen molar-refractivity contribution in [2.75, 3.05) is 18.1 Å². The van der Waals surface area contributed by atoms with Crippen molar-refractivity contribution in [3.63, 3.8) is 0 Å². The predicted molar refractivity (Wildman–Crippen MR) is 46.6 cm³/mol. The molecule has 6 heteroatoms. The van der Waals surface area contributed by atoms with Crippen molar-refractivity contribution < 1.29 is 13.5 Å². The second kappa shape index (κ2) is 5.77. The van der Waals surface area contributed by atoms with E-state index in [1.54, 1.807) is 6.92 Å². The molecule has 0 aliphatic heterocycles. The molecule has 0 radical (unpaired) electrons. The molecule has 0 rings (SSSR count). The summed E-state index contributed by atoms with van der Waals surface area (Å²) in [5.41, 5.74) is 5.21. The smallest absolute Gasteiger partial charge is 0.151 e. The first-order valence-electron chi connectivity index (χ1n) is 3.08. The number of rotatable bonds is 4. The fourth-order valence-corrected chi connectivity index (χ4v) is 1.49. The van der Waals surface area contributed by atoms with E-state index in [2.05, 4.69) is 0 Å². The third-order valence-electron chi connectivity index (χ3n) is 1.14. The molecule has 0 heterocycles. The van der Waals surface area contributed by atoms with Gasteiger partial charge in [-0.2, -0.15) is 0 Å². The normalized spacial score (nSPS) is 13.7. The van der Waals surface area contributed by atoms with E-state index in [4.69, 9.17) is 10.8 Å². The molecule has 0 aliphatic carbocycles. The molecule has 3 N–H and O–H groups in total. The summed E-state index contributed by atoms with van der Waals surface area (Å²) in [4.78, 5) is 0. The minimum Gasteiger partial charge on any atom is -0.395 e. The Balaban J connectivity index is 0. The van der Waals surface area contributed by atoms with Gasteiger partial charge in [0.1, 0.15) is 0 Å². The Bertz CT molecular complexity index is 180. The first kappa shape index (κ1) is 13.7. The molecule has 0 amide bonds. The Hall–Kier alpha value is 0.160. The summed E-state index contributed by atoms with van der Waals surface area (Å²) in [5, 5.41) is 8.40. The topological polar surface area (TPSA) is 80.4 Å². The van der Waals surface area contributed by atoms with Crippen LogP contribution in [0.15, 0.2) is 0 Å². The molecule has 0 bridgehead atoms. The Kier molecular flexibility index (Phi) is 7.20. The lowest BCUT2D eigenvalue weighted by Crippen LogP contribution is -2.33. The van der Waals surface area contributed by atoms with Crippen molar-refractivity contribution in [2.45, 2.75) is 13.0 Å². The number of sulfone groups is 1. The van der Waals surface area contributed by atoms with E-state index < -0.39 is 15.9 Å². The lowest BCUT2D eigenvalue weighted by molar-refractivity contribution is 0.274. The molecule has 11 heavy (non-hydrogen) atoms. The van der Waals surface area contributed by atoms with Crippen LogP contribution >= 0.6 is 12.4 Å². The Morgan fingerprint density at radius 1 is 1.55 bits per heavy atom. The van der Waals surface area contributed by atoms with Crippen LogP contribution in [0.3, 0.4) is 0 Å². The minimum atomic E-state index is -3.02. The van der Waals surface area contributed by atoms with Crippen LogP contribution in [0.2, 0.25) is 0 Å². The molecule has 4 nitrogen and oxygen atoms in total. The van der Waals surface area contributed by atoms with E-state index in [0.29, 0.717) is 0 Å². The number of halogens is 1. The molecular formula is C5H14ClNO3S. The van der Waals surface area contributed by atoms with Gasteiger partial charge in [-0.25, -0.2) is 8.42 Å². The van der Waals surface area contributed by atoms with Crippen LogP contribution in [-0.2, 0) is 9.84 Å². The van der Waals surface area contributed by atoms with Crippen LogP contribution in [0.25, 0.3) is 0 Å². The fourth-order valence-electron chi connectivity index (χ4n) is 0.497. The van der Waals surface area contributed by atoms with E-state index in [1.807, 2.05) is 0 Å². The number of nitrogens with two attached hydrogens (primary N) is 1. The zero-order chi connectivity index (χ0) is 8.20. The van der Waals surface area contributed by atoms with Gasteiger partial charge in [0, 0.05) is 11.8 Å². The Morgan fingerprint density at radius 2 is 2.00 bits per heavy atom. The van der Waals surface area contributed by atoms with Crippen molar-refractivity contribution in [3.8, 4) is 0 Å². The second-order valence-corrected chi connectivity index (χ2v) is 4.54. The van der Waals surface area contributed by atoms with Crippen molar-refractivity contribution in [1.82, 2.24) is 0 Å². The monoisotopic (exact) mass is 203 g/mol. The fraction of sp³-hybridized carbons (Fsp3) is 1.00. The third-order valence-corrected chi connectivity index (χ3v) is 2.96. The largest absolute Gasteiger partial charge is 0.395 e. The highest BCUT2D eigenvalue weighted by molar-refractivity contribution is 7.91. The van der Waals surface area contributed by atoms with E-state index in [-0.39, 0.29) is 30.5 Å². The van der Waals surface area contributed by atoms with Gasteiger partial charge in [-0.05, 0) is 0 Å². The first-order valence-corrected chi connectivity index (χ1v) is 4.91. The zero-order valence-electron chi connectivity index (χ0n) is 6.36. The molecule has 0 aliphatic rings. The standard InChI is InChI=1S/C5H13NO3S.ClH/c1-2-10(8,9)4-5(6)3-7;/h5,7H,2-4,6H2,1H3;1H/t5-;/m0./s1. The molecule has 70 valence electrons. The summed E-state index contributed by atoms with van der Waals surface area (Å²) < 4.78 is 21.6. The molecule has 0 aromatic heterocycles. The van der Waals surface area contributed by atoms with Gasteiger partial charge in [0.15, 0.2) is 9.84 Å². The molecule has 1 atom stereocenters. The third kappa shape index (κ3) is 6.55. The molecule has 0 spiro atoms. The van der Waals surface area contributed by atoms with Gasteiger partial charge in [0.25, 0.3) is 0 Å². The highest BCUT2D eigenvalue weighted by Crippen LogP contribution is 1.91. The van der Waals surface area contributed by atoms with Gasteiger partial charge >= 0.3 is 0 Å². The van der Waals surface area contributed by atoms with Gasteiger partial charge in [-0.3, -0.25) is 0 Å². The molecular weight excluding hydrogens is 190 g/mol. The number of hydrogen-bond donors (Lipinski definition) is 2. The highest BCUT2D eigenvalue weighted by atomic mass is 35.5. The molecule has 0 aromatic carbocycles. The summed E-state index contributed by atoms with van der Waals surface area (Å²) in [6.07, 6.45) is 0. The average Bonchev–Trinajstić information content (AvgIpc) is 1.87. The number of hydrogen-bond acceptors (Lipinski definition) is 4. The van der Waals surface area contributed by atoms with E-state index in [1.165, 1.54) is 0 Å². The van der Waals surface area contributed by atoms with Gasteiger partial charge in [0.2, 0.25) is 0 Å². The zero-order valence-corrected chi connectivity index (χ0v) is 7.99. The summed E-state index contributed by atoms with van der Waals surface area (Å²) >= 11 is 0. The van der Waals surface area contributed by atoms with E-state index in [9.17, 15) is 8.42 Å². The highest BCUT2D eigenvalue weighted by Gasteiger charge is 2.12. The maximum Gasteiger partial charge on any atom is 0.151 e. The van der Waals surface area contributed by atoms with Crippen LogP contribution in [0.5, 0.6) is 0 Å². The van der Waals surface area contributed by atoms with Crippen LogP contribution in [-0.4, -0.2) is 37.7 Å². The first-order chi connectivity index (χ1) is 4.52. The Morgan fingerprint density at radius 3 is 2.27 bits per heavy atom. The van der Waals surface area contributed by atoms with Gasteiger partial charge in [0.05, 0.1) is 12.4 Å². The summed E-state index contributed by atoms with van der Waals surface area (Å²) in [5.74, 6) is -0.0410. The predicted octanol–water partition coefficient (Wildman–Crippen LogP) is -0.837. The second-order valence-electron chi connectivity index (χ2n) is 2.14. The minimum absolute atomic E-state index is 0. The molecule has 0 saturated heterocycles. The van der Waals surface area contributed by atoms with Crippen molar-refractivity contribution >= 4 is 22.2 Å². The summed E-state index contributed by atoms with van der Waals surface area (Å²) in [6, 6.07) is -0.634. The van der Waals surface area contributed by atoms with E-state index >= 15 is 0 Å². The molecule has 0 aromatic rings. The molecule has 0 saturated carbocycles. The number of aliphatic hydroxyl groups excluding tert-OH is 1. The van der Waals surface area contributed by atoms with Gasteiger partial charge < -0.3 is 10.8 Å².